The van der Waals surface area contributed by atoms with E-state index in [4.69, 9.17) is 46.9 Å². The maximum Gasteiger partial charge on any atom is 0.300 e. The number of rotatable bonds is 6. The Balaban J connectivity index is 1.76. The molecule has 1 N–H and O–H groups in total. The number of carbonyl (C=O) groups excluding carboxylic acids is 2. The Morgan fingerprint density at radius 1 is 0.923 bits per heavy atom. The van der Waals surface area contributed by atoms with Crippen LogP contribution in [0.3, 0.4) is 0 Å². The number of ether oxygens (including phenoxy) is 5. The van der Waals surface area contributed by atoms with Crippen molar-refractivity contribution in [3.8, 4) is 28.7 Å². The van der Waals surface area contributed by atoms with Gasteiger partial charge >= 0.3 is 0 Å². The van der Waals surface area contributed by atoms with E-state index in [-0.39, 0.29) is 32.7 Å². The van der Waals surface area contributed by atoms with Crippen molar-refractivity contribution in [1.82, 2.24) is 0 Å². The first kappa shape index (κ1) is 26.5. The maximum absolute atomic E-state index is 13.6. The van der Waals surface area contributed by atoms with Crippen molar-refractivity contribution in [2.45, 2.75) is 6.04 Å². The lowest BCUT2D eigenvalue weighted by molar-refractivity contribution is -0.132. The third-order valence-electron chi connectivity index (χ3n) is 6.45. The molecule has 2 aliphatic heterocycles. The average molecular weight is 572 g/mol. The van der Waals surface area contributed by atoms with E-state index in [9.17, 15) is 14.7 Å². The summed E-state index contributed by atoms with van der Waals surface area (Å²) in [5.74, 6) is -0.700. The molecule has 9 nitrogen and oxygen atoms in total. The molecule has 3 aromatic carbocycles. The SMILES string of the molecule is COc1cccc(C2/C(=C(\O)c3cc(Cl)c(OC)c(Cl)c3OC)C(=O)C(=O)N2c2ccc3c(c2)OCCO3)c1. The molecule has 5 rings (SSSR count). The van der Waals surface area contributed by atoms with E-state index in [0.29, 0.717) is 41.7 Å². The minimum atomic E-state index is -1.05. The number of anilines is 1. The van der Waals surface area contributed by atoms with Gasteiger partial charge in [0, 0.05) is 11.8 Å². The van der Waals surface area contributed by atoms with Crippen LogP contribution in [0.15, 0.2) is 54.1 Å². The van der Waals surface area contributed by atoms with Gasteiger partial charge in [-0.1, -0.05) is 35.3 Å². The molecule has 1 saturated heterocycles. The van der Waals surface area contributed by atoms with Gasteiger partial charge in [-0.15, -0.1) is 0 Å². The Labute approximate surface area is 234 Å². The lowest BCUT2D eigenvalue weighted by Gasteiger charge is -2.27. The predicted octanol–water partition coefficient (Wildman–Crippen LogP) is 5.42. The second kappa shape index (κ2) is 10.6. The van der Waals surface area contributed by atoms with Crippen molar-refractivity contribution in [2.24, 2.45) is 0 Å². The number of ketones is 1. The number of hydrogen-bond acceptors (Lipinski definition) is 8. The van der Waals surface area contributed by atoms with Gasteiger partial charge in [-0.3, -0.25) is 14.5 Å². The summed E-state index contributed by atoms with van der Waals surface area (Å²) in [5, 5.41) is 11.7. The van der Waals surface area contributed by atoms with Crippen LogP contribution in [0.5, 0.6) is 28.7 Å². The third kappa shape index (κ3) is 4.47. The van der Waals surface area contributed by atoms with Crippen molar-refractivity contribution >= 4 is 46.3 Å². The number of halogens is 2. The number of methoxy groups -OCH3 is 3. The number of benzene rings is 3. The maximum atomic E-state index is 13.6. The Morgan fingerprint density at radius 3 is 2.33 bits per heavy atom. The Hall–Kier alpha value is -4.08. The Morgan fingerprint density at radius 2 is 1.64 bits per heavy atom. The van der Waals surface area contributed by atoms with E-state index in [2.05, 4.69) is 0 Å². The molecule has 0 bridgehead atoms. The number of fused-ring (bicyclic) bond motifs is 1. The molecule has 0 saturated carbocycles. The molecule has 1 amide bonds. The summed E-state index contributed by atoms with van der Waals surface area (Å²) in [6, 6.07) is 12.1. The van der Waals surface area contributed by atoms with E-state index >= 15 is 0 Å². The first-order chi connectivity index (χ1) is 18.8. The van der Waals surface area contributed by atoms with Gasteiger partial charge in [0.05, 0.1) is 43.5 Å². The highest BCUT2D eigenvalue weighted by Gasteiger charge is 2.47. The summed E-state index contributed by atoms with van der Waals surface area (Å²) in [5.41, 5.74) is 0.695. The van der Waals surface area contributed by atoms with Crippen molar-refractivity contribution in [2.75, 3.05) is 39.4 Å². The number of nitrogens with zero attached hydrogens (tertiary/aromatic N) is 1. The molecule has 1 unspecified atom stereocenters. The Kier molecular flexibility index (Phi) is 7.20. The van der Waals surface area contributed by atoms with Gasteiger partial charge in [0.25, 0.3) is 11.7 Å². The topological polar surface area (TPSA) is 104 Å². The molecular weight excluding hydrogens is 549 g/mol. The van der Waals surface area contributed by atoms with Crippen molar-refractivity contribution in [3.05, 3.63) is 75.3 Å². The van der Waals surface area contributed by atoms with E-state index in [1.54, 1.807) is 42.5 Å². The molecule has 11 heteroatoms. The first-order valence-electron chi connectivity index (χ1n) is 11.8. The predicted molar refractivity (Wildman–Crippen MR) is 145 cm³/mol. The molecule has 0 aliphatic carbocycles. The molecule has 0 spiro atoms. The second-order valence-corrected chi connectivity index (χ2v) is 9.35. The number of aliphatic hydroxyl groups excluding tert-OH is 1. The fourth-order valence-electron chi connectivity index (χ4n) is 4.70. The highest BCUT2D eigenvalue weighted by Crippen LogP contribution is 2.49. The second-order valence-electron chi connectivity index (χ2n) is 8.56. The molecule has 202 valence electrons. The summed E-state index contributed by atoms with van der Waals surface area (Å²) in [4.78, 5) is 28.5. The lowest BCUT2D eigenvalue weighted by atomic mass is 9.94. The molecule has 2 aliphatic rings. The summed E-state index contributed by atoms with van der Waals surface area (Å²) >= 11 is 12.8. The van der Waals surface area contributed by atoms with E-state index in [1.807, 2.05) is 0 Å². The molecule has 0 radical (unpaired) electrons. The number of Topliss-reactive ketones (excluding diaryl/α,β-unsaturated/α-hetero) is 1. The quantitative estimate of drug-likeness (QED) is 0.238. The monoisotopic (exact) mass is 571 g/mol. The van der Waals surface area contributed by atoms with Crippen LogP contribution in [0.1, 0.15) is 17.2 Å². The van der Waals surface area contributed by atoms with Crippen molar-refractivity contribution in [1.29, 1.82) is 0 Å². The number of hydrogen-bond donors (Lipinski definition) is 1. The highest BCUT2D eigenvalue weighted by molar-refractivity contribution is 6.52. The fraction of sp³-hybridized carbons (Fsp3) is 0.214. The molecule has 39 heavy (non-hydrogen) atoms. The van der Waals surface area contributed by atoms with Crippen LogP contribution < -0.4 is 28.6 Å². The standard InChI is InChI=1S/C28H23Cl2NO8/c1-35-16-6-4-5-14(11-16)23-21(24(32)17-13-18(29)27(37-3)22(30)26(17)36-2)25(33)28(34)31(23)15-7-8-19-20(12-15)39-10-9-38-19/h4-8,11-13,23,32H,9-10H2,1-3H3/b24-21+. The zero-order valence-electron chi connectivity index (χ0n) is 21.1. The highest BCUT2D eigenvalue weighted by atomic mass is 35.5. The number of carbonyl (C=O) groups is 2. The summed E-state index contributed by atoms with van der Waals surface area (Å²) < 4.78 is 27.4. The summed E-state index contributed by atoms with van der Waals surface area (Å²) in [6.45, 7) is 0.739. The first-order valence-corrected chi connectivity index (χ1v) is 12.5. The Bertz CT molecular complexity index is 1520. The minimum Gasteiger partial charge on any atom is -0.507 e. The van der Waals surface area contributed by atoms with Crippen LogP contribution >= 0.6 is 23.2 Å². The number of aliphatic hydroxyl groups is 1. The minimum absolute atomic E-state index is 0.00644. The van der Waals surface area contributed by atoms with E-state index < -0.39 is 23.5 Å². The van der Waals surface area contributed by atoms with Gasteiger partial charge in [0.1, 0.15) is 29.7 Å². The lowest BCUT2D eigenvalue weighted by Crippen LogP contribution is -2.29. The van der Waals surface area contributed by atoms with Crippen LogP contribution in [-0.4, -0.2) is 51.3 Å². The fourth-order valence-corrected chi connectivity index (χ4v) is 5.39. The normalized spacial score (nSPS) is 17.8. The van der Waals surface area contributed by atoms with E-state index in [1.165, 1.54) is 32.3 Å². The average Bonchev–Trinajstić information content (AvgIpc) is 3.22. The van der Waals surface area contributed by atoms with Gasteiger partial charge in [0.2, 0.25) is 0 Å². The van der Waals surface area contributed by atoms with Crippen molar-refractivity contribution in [3.63, 3.8) is 0 Å². The molecule has 3 aromatic rings. The van der Waals surface area contributed by atoms with E-state index in [0.717, 1.165) is 0 Å². The molecule has 1 atom stereocenters. The van der Waals surface area contributed by atoms with Gasteiger partial charge in [-0.2, -0.15) is 0 Å². The van der Waals surface area contributed by atoms with Crippen molar-refractivity contribution < 1.29 is 38.4 Å². The third-order valence-corrected chi connectivity index (χ3v) is 7.08. The largest absolute Gasteiger partial charge is 0.507 e. The van der Waals surface area contributed by atoms with Crippen LogP contribution in [-0.2, 0) is 9.59 Å². The zero-order chi connectivity index (χ0) is 27.8. The van der Waals surface area contributed by atoms with Gasteiger partial charge in [-0.25, -0.2) is 0 Å². The summed E-state index contributed by atoms with van der Waals surface area (Å²) in [7, 11) is 4.23. The molecule has 1 fully saturated rings. The van der Waals surface area contributed by atoms with Crippen LogP contribution in [0, 0.1) is 0 Å². The molecule has 2 heterocycles. The van der Waals surface area contributed by atoms with Gasteiger partial charge in [-0.05, 0) is 35.9 Å². The van der Waals surface area contributed by atoms with Crippen LogP contribution in [0.4, 0.5) is 5.69 Å². The van der Waals surface area contributed by atoms with Gasteiger partial charge in [0.15, 0.2) is 23.0 Å². The molecular formula is C28H23Cl2NO8. The number of amides is 1. The van der Waals surface area contributed by atoms with Crippen LogP contribution in [0.2, 0.25) is 10.0 Å². The smallest absolute Gasteiger partial charge is 0.300 e. The van der Waals surface area contributed by atoms with Gasteiger partial charge < -0.3 is 28.8 Å². The zero-order valence-corrected chi connectivity index (χ0v) is 22.6. The molecule has 0 aromatic heterocycles. The van der Waals surface area contributed by atoms with Crippen LogP contribution in [0.25, 0.3) is 5.76 Å². The summed E-state index contributed by atoms with van der Waals surface area (Å²) in [6.07, 6.45) is 0.